The SMILES string of the molecule is C.C.C.C.c1ccc(N2c3ccccc3C3(c4ccccc42)c2cc(N(c4ccccc4)c4ccccc4)c4ccccc4c2-c2c3cc(N(c3ccccc3)c3ccccc3)c3ccccc23)cc1.c1ccc(N2c3ccccc3C3(c4ccccc42)c2ccc4ccccc4c2-c2c3cc(N(c3ccccc3)c3ccccc3)c3ccccc23)cc1. The van der Waals surface area contributed by atoms with Crippen molar-refractivity contribution in [2.45, 2.75) is 40.5 Å². The van der Waals surface area contributed by atoms with Crippen molar-refractivity contribution >= 4 is 128 Å². The molecule has 5 heteroatoms. The van der Waals surface area contributed by atoms with Crippen LogP contribution in [0.25, 0.3) is 65.3 Å². The van der Waals surface area contributed by atoms with E-state index in [1.54, 1.807) is 0 Å². The van der Waals surface area contributed by atoms with E-state index in [1.165, 1.54) is 121 Å². The zero-order valence-electron chi connectivity index (χ0n) is 65.2. The van der Waals surface area contributed by atoms with Crippen LogP contribution in [0.4, 0.5) is 85.3 Å². The highest BCUT2D eigenvalue weighted by Gasteiger charge is 2.56. The Balaban J connectivity index is 0.000000160. The smallest absolute Gasteiger partial charge is 0.0756 e. The van der Waals surface area contributed by atoms with Gasteiger partial charge in [0.25, 0.3) is 0 Å². The molecule has 24 rings (SSSR count). The second-order valence-corrected chi connectivity index (χ2v) is 31.2. The molecule has 0 N–H and O–H groups in total. The van der Waals surface area contributed by atoms with Gasteiger partial charge in [-0.15, -0.1) is 0 Å². The standard InChI is InChI=1S/C63H43N3.C51H34N2.4CH4/c1-6-24-44(25-7-1)64(45-26-8-2-9-27-45)59-42-55-61(51-36-18-16-34-49(51)59)62-52-37-19-17-35-50(52)60(65(46-28-10-3-11-29-46)47-30-12-4-13-31-47)43-56(62)63(55)53-38-20-22-40-57(53)66(48-32-14-5-15-33-48)58-41-23-21-39-54(58)63;1-4-19-36(20-5-1)52(37-21-6-2-7-22-37)48-34-45-50(41-27-13-12-26-40(41)48)49-39-25-11-10-18-35(39)32-33-44(49)51(45)42-28-14-16-30-46(42)53(38-23-8-3-9-24-38)47-31-17-15-29-43(47)51;;;;/h1-43H;1-34H;4*1H4. The first-order valence-electron chi connectivity index (χ1n) is 41.2. The minimum absolute atomic E-state index is 0. The third-order valence-electron chi connectivity index (χ3n) is 25.1. The van der Waals surface area contributed by atoms with Crippen LogP contribution in [0.1, 0.15) is 74.2 Å². The third kappa shape index (κ3) is 11.8. The lowest BCUT2D eigenvalue weighted by atomic mass is 9.64. The van der Waals surface area contributed by atoms with Crippen molar-refractivity contribution in [2.24, 2.45) is 0 Å². The summed E-state index contributed by atoms with van der Waals surface area (Å²) >= 11 is 0. The molecule has 0 saturated carbocycles. The summed E-state index contributed by atoms with van der Waals surface area (Å²) in [5.74, 6) is 0. The lowest BCUT2D eigenvalue weighted by Crippen LogP contribution is -2.36. The van der Waals surface area contributed by atoms with Crippen LogP contribution in [0.2, 0.25) is 0 Å². The van der Waals surface area contributed by atoms with Crippen LogP contribution in [0.3, 0.4) is 0 Å². The van der Waals surface area contributed by atoms with E-state index in [-0.39, 0.29) is 29.7 Å². The molecule has 2 spiro atoms. The number of para-hydroxylation sites is 12. The molecule has 4 aliphatic rings. The molecule has 0 fully saturated rings. The van der Waals surface area contributed by atoms with E-state index in [2.05, 4.69) is 492 Å². The number of benzene rings is 20. The van der Waals surface area contributed by atoms with Crippen LogP contribution >= 0.6 is 0 Å². The van der Waals surface area contributed by atoms with E-state index >= 15 is 0 Å². The van der Waals surface area contributed by atoms with Gasteiger partial charge < -0.3 is 24.5 Å². The van der Waals surface area contributed by atoms with Gasteiger partial charge in [-0.2, -0.15) is 0 Å². The van der Waals surface area contributed by atoms with E-state index in [0.29, 0.717) is 0 Å². The van der Waals surface area contributed by atoms with Crippen LogP contribution in [0.15, 0.2) is 467 Å². The maximum absolute atomic E-state index is 2.55. The first-order valence-corrected chi connectivity index (χ1v) is 41.2. The number of nitrogens with zero attached hydrogens (tertiary/aromatic N) is 5. The molecule has 590 valence electrons. The summed E-state index contributed by atoms with van der Waals surface area (Å²) in [7, 11) is 0. The Hall–Kier alpha value is -15.6. The maximum Gasteiger partial charge on any atom is 0.0756 e. The summed E-state index contributed by atoms with van der Waals surface area (Å²) in [4.78, 5) is 12.3. The Morgan fingerprint density at radius 1 is 0.163 bits per heavy atom. The van der Waals surface area contributed by atoms with E-state index in [4.69, 9.17) is 0 Å². The van der Waals surface area contributed by atoms with E-state index in [0.717, 1.165) is 73.9 Å². The molecule has 0 unspecified atom stereocenters. The molecule has 20 aromatic rings. The molecule has 0 bridgehead atoms. The Labute approximate surface area is 722 Å². The number of fused-ring (bicyclic) bond motifs is 26. The number of rotatable bonds is 11. The van der Waals surface area contributed by atoms with Crippen LogP contribution in [0.5, 0.6) is 0 Å². The highest BCUT2D eigenvalue weighted by molar-refractivity contribution is 6.21. The second kappa shape index (κ2) is 31.6. The maximum atomic E-state index is 2.55. The molecule has 0 atom stereocenters. The highest BCUT2D eigenvalue weighted by atomic mass is 15.2. The van der Waals surface area contributed by atoms with Crippen LogP contribution in [-0.4, -0.2) is 0 Å². The predicted octanol–water partition coefficient (Wildman–Crippen LogP) is 33.2. The minimum Gasteiger partial charge on any atom is -0.310 e. The van der Waals surface area contributed by atoms with Gasteiger partial charge >= 0.3 is 0 Å². The van der Waals surface area contributed by atoms with Crippen molar-refractivity contribution in [1.29, 1.82) is 0 Å². The molecule has 0 radical (unpaired) electrons. The summed E-state index contributed by atoms with van der Waals surface area (Å²) in [5.41, 5.74) is 31.2. The Morgan fingerprint density at radius 2 is 0.374 bits per heavy atom. The summed E-state index contributed by atoms with van der Waals surface area (Å²) in [6.07, 6.45) is 0. The topological polar surface area (TPSA) is 16.2 Å². The molecule has 20 aromatic carbocycles. The van der Waals surface area contributed by atoms with Crippen molar-refractivity contribution in [3.05, 3.63) is 512 Å². The van der Waals surface area contributed by atoms with E-state index in [1.807, 2.05) is 0 Å². The van der Waals surface area contributed by atoms with Crippen LogP contribution in [0, 0.1) is 0 Å². The zero-order chi connectivity index (χ0) is 78.5. The van der Waals surface area contributed by atoms with Gasteiger partial charge in [0.15, 0.2) is 0 Å². The normalized spacial score (nSPS) is 12.7. The fourth-order valence-corrected chi connectivity index (χ4v) is 20.6. The summed E-state index contributed by atoms with van der Waals surface area (Å²) in [6.45, 7) is 0. The number of hydrogen-bond acceptors (Lipinski definition) is 5. The molecular weight excluding hydrogens is 1490 g/mol. The summed E-state index contributed by atoms with van der Waals surface area (Å²) < 4.78 is 0. The van der Waals surface area contributed by atoms with Crippen molar-refractivity contribution in [1.82, 2.24) is 0 Å². The van der Waals surface area contributed by atoms with Gasteiger partial charge in [-0.25, -0.2) is 0 Å². The van der Waals surface area contributed by atoms with Crippen molar-refractivity contribution in [2.75, 3.05) is 24.5 Å². The van der Waals surface area contributed by atoms with Gasteiger partial charge in [-0.05, 0) is 233 Å². The Kier molecular flexibility index (Phi) is 19.9. The Bertz CT molecular complexity index is 6920. The minimum atomic E-state index is -0.751. The summed E-state index contributed by atoms with van der Waals surface area (Å²) in [6, 6.07) is 172. The molecule has 2 heterocycles. The fourth-order valence-electron chi connectivity index (χ4n) is 20.6. The highest BCUT2D eigenvalue weighted by Crippen LogP contribution is 2.70. The number of anilines is 15. The monoisotopic (exact) mass is 1580 g/mol. The van der Waals surface area contributed by atoms with Crippen molar-refractivity contribution in [3.63, 3.8) is 0 Å². The molecule has 0 saturated heterocycles. The molecular formula is C118H93N5. The molecule has 0 amide bonds. The first kappa shape index (κ1) is 77.4. The predicted molar refractivity (Wildman–Crippen MR) is 525 cm³/mol. The van der Waals surface area contributed by atoms with E-state index < -0.39 is 10.8 Å². The van der Waals surface area contributed by atoms with Crippen LogP contribution in [-0.2, 0) is 10.8 Å². The molecule has 5 nitrogen and oxygen atoms in total. The largest absolute Gasteiger partial charge is 0.310 e. The van der Waals surface area contributed by atoms with Crippen molar-refractivity contribution < 1.29 is 0 Å². The third-order valence-corrected chi connectivity index (χ3v) is 25.1. The van der Waals surface area contributed by atoms with Gasteiger partial charge in [0, 0.05) is 61.7 Å². The molecule has 0 aromatic heterocycles. The number of hydrogen-bond donors (Lipinski definition) is 0. The van der Waals surface area contributed by atoms with Gasteiger partial charge in [-0.3, -0.25) is 0 Å². The van der Waals surface area contributed by atoms with Gasteiger partial charge in [0.2, 0.25) is 0 Å². The van der Waals surface area contributed by atoms with Gasteiger partial charge in [0.05, 0.1) is 50.6 Å². The average Bonchev–Trinajstić information content (AvgIpc) is 1.51. The molecule has 2 aliphatic carbocycles. The lowest BCUT2D eigenvalue weighted by molar-refractivity contribution is 0.753. The fraction of sp³-hybridized carbons (Fsp3) is 0.0508. The second-order valence-electron chi connectivity index (χ2n) is 31.2. The Morgan fingerprint density at radius 3 is 0.659 bits per heavy atom. The molecule has 2 aliphatic heterocycles. The quantitative estimate of drug-likeness (QED) is 0.128. The zero-order valence-corrected chi connectivity index (χ0v) is 65.2. The van der Waals surface area contributed by atoms with Gasteiger partial charge in [-0.1, -0.05) is 357 Å². The average molecular weight is 1580 g/mol. The lowest BCUT2D eigenvalue weighted by Gasteiger charge is -2.45. The summed E-state index contributed by atoms with van der Waals surface area (Å²) in [5, 5.41) is 9.84. The molecule has 123 heavy (non-hydrogen) atoms. The van der Waals surface area contributed by atoms with Crippen molar-refractivity contribution in [3.8, 4) is 22.3 Å². The van der Waals surface area contributed by atoms with Gasteiger partial charge in [0.1, 0.15) is 0 Å². The first-order chi connectivity index (χ1) is 59.1. The van der Waals surface area contributed by atoms with Crippen LogP contribution < -0.4 is 24.5 Å². The van der Waals surface area contributed by atoms with E-state index in [9.17, 15) is 0 Å².